The minimum atomic E-state index is -1.02. The Morgan fingerprint density at radius 3 is 1.57 bits per heavy atom. The average Bonchev–Trinajstić information content (AvgIpc) is 3.13. The number of carbonyl (C=O) groups excluding carboxylic acids is 3. The zero-order valence-corrected chi connectivity index (χ0v) is 30.5. The largest absolute Gasteiger partial charge is 0.504 e. The van der Waals surface area contributed by atoms with Crippen molar-refractivity contribution in [2.24, 2.45) is 0 Å². The first kappa shape index (κ1) is 42.4. The summed E-state index contributed by atoms with van der Waals surface area (Å²) in [5, 5.41) is 19.5. The molecule has 0 saturated carbocycles. The lowest BCUT2D eigenvalue weighted by atomic mass is 10.1. The van der Waals surface area contributed by atoms with Gasteiger partial charge >= 0.3 is 17.9 Å². The number of ether oxygens (including phenoxy) is 5. The summed E-state index contributed by atoms with van der Waals surface area (Å²) >= 11 is 0. The minimum Gasteiger partial charge on any atom is -0.504 e. The first-order valence-electron chi connectivity index (χ1n) is 18.0. The van der Waals surface area contributed by atoms with E-state index in [2.05, 4.69) is 19.1 Å². The van der Waals surface area contributed by atoms with Gasteiger partial charge in [-0.2, -0.15) is 0 Å². The number of esters is 3. The van der Waals surface area contributed by atoms with Crippen LogP contribution < -0.4 is 9.47 Å². The maximum absolute atomic E-state index is 12.7. The number of aromatic hydroxyl groups is 2. The number of hydrogen-bond acceptors (Lipinski definition) is 10. The molecule has 0 amide bonds. The van der Waals surface area contributed by atoms with Crippen LogP contribution in [0, 0.1) is 0 Å². The number of rotatable bonds is 26. The summed E-state index contributed by atoms with van der Waals surface area (Å²) in [4.78, 5) is 37.6. The Morgan fingerprint density at radius 1 is 0.647 bits per heavy atom. The molecule has 0 atom stereocenters. The Kier molecular flexibility index (Phi) is 21.7. The predicted octanol–water partition coefficient (Wildman–Crippen LogP) is 8.88. The lowest BCUT2D eigenvalue weighted by molar-refractivity contribution is -0.163. The van der Waals surface area contributed by atoms with Crippen molar-refractivity contribution in [3.63, 3.8) is 0 Å². The van der Waals surface area contributed by atoms with Crippen LogP contribution in [-0.2, 0) is 28.6 Å². The van der Waals surface area contributed by atoms with Crippen LogP contribution in [0.3, 0.4) is 0 Å². The van der Waals surface area contributed by atoms with Crippen molar-refractivity contribution in [1.29, 1.82) is 0 Å². The topological polar surface area (TPSA) is 138 Å². The van der Waals surface area contributed by atoms with E-state index < -0.39 is 24.0 Å². The number of phenolic OH excluding ortho intramolecular Hbond substituents is 2. The molecule has 0 aromatic heterocycles. The van der Waals surface area contributed by atoms with Gasteiger partial charge in [-0.15, -0.1) is 0 Å². The van der Waals surface area contributed by atoms with Gasteiger partial charge in [0.2, 0.25) is 0 Å². The van der Waals surface area contributed by atoms with Gasteiger partial charge in [-0.25, -0.2) is 9.59 Å². The quantitative estimate of drug-likeness (QED) is 0.0320. The third-order valence-corrected chi connectivity index (χ3v) is 8.00. The van der Waals surface area contributed by atoms with Gasteiger partial charge in [0.25, 0.3) is 0 Å². The first-order valence-corrected chi connectivity index (χ1v) is 18.0. The number of carbonyl (C=O) groups is 3. The highest BCUT2D eigenvalue weighted by molar-refractivity contribution is 5.88. The number of methoxy groups -OCH3 is 2. The van der Waals surface area contributed by atoms with E-state index in [1.807, 2.05) is 0 Å². The lowest BCUT2D eigenvalue weighted by Gasteiger charge is -2.17. The van der Waals surface area contributed by atoms with E-state index in [4.69, 9.17) is 23.7 Å². The van der Waals surface area contributed by atoms with Gasteiger partial charge in [0.1, 0.15) is 13.2 Å². The highest BCUT2D eigenvalue weighted by atomic mass is 16.6. The fraction of sp³-hybridized carbons (Fsp3) is 0.488. The van der Waals surface area contributed by atoms with Crippen LogP contribution in [0.5, 0.6) is 23.0 Å². The highest BCUT2D eigenvalue weighted by Crippen LogP contribution is 2.27. The second kappa shape index (κ2) is 26.1. The molecule has 2 rings (SSSR count). The van der Waals surface area contributed by atoms with E-state index >= 15 is 0 Å². The zero-order chi connectivity index (χ0) is 37.1. The molecule has 0 spiro atoms. The standard InChI is InChI=1S/C41H56O10/c1-4-5-6-7-8-9-10-11-12-13-14-15-16-17-18-19-41(46)51-34(30-49-39(44)26-22-32-20-24-35(42)37(28-32)47-2)31-50-40(45)27-23-33-21-25-36(43)38(29-33)48-3/h11-12,20-29,34,42-43H,4-10,13-19,30-31H2,1-3H3/b12-11-,26-22?,27-23?. The number of benzene rings is 2. The van der Waals surface area contributed by atoms with Crippen molar-refractivity contribution in [3.8, 4) is 23.0 Å². The number of unbranched alkanes of at least 4 members (excludes halogenated alkanes) is 11. The van der Waals surface area contributed by atoms with Crippen LogP contribution in [0.2, 0.25) is 0 Å². The summed E-state index contributed by atoms with van der Waals surface area (Å²) in [6.45, 7) is 1.58. The van der Waals surface area contributed by atoms with Crippen molar-refractivity contribution in [3.05, 3.63) is 71.8 Å². The van der Waals surface area contributed by atoms with E-state index in [0.717, 1.165) is 38.5 Å². The molecule has 0 fully saturated rings. The molecular weight excluding hydrogens is 652 g/mol. The molecule has 2 aromatic carbocycles. The van der Waals surface area contributed by atoms with Crippen LogP contribution in [0.15, 0.2) is 60.7 Å². The van der Waals surface area contributed by atoms with E-state index in [-0.39, 0.29) is 42.6 Å². The normalized spacial score (nSPS) is 12.0. The van der Waals surface area contributed by atoms with Crippen LogP contribution in [-0.4, -0.2) is 61.7 Å². The van der Waals surface area contributed by atoms with E-state index in [0.29, 0.717) is 17.5 Å². The Morgan fingerprint density at radius 2 is 1.10 bits per heavy atom. The Hall–Kier alpha value is -4.73. The third kappa shape index (κ3) is 19.3. The molecule has 10 nitrogen and oxygen atoms in total. The summed E-state index contributed by atoms with van der Waals surface area (Å²) in [5.74, 6) is -1.43. The Labute approximate surface area is 303 Å². The van der Waals surface area contributed by atoms with Gasteiger partial charge in [-0.1, -0.05) is 82.6 Å². The van der Waals surface area contributed by atoms with Crippen molar-refractivity contribution in [2.45, 2.75) is 103 Å². The van der Waals surface area contributed by atoms with Gasteiger partial charge in [0.15, 0.2) is 29.1 Å². The molecule has 51 heavy (non-hydrogen) atoms. The van der Waals surface area contributed by atoms with E-state index in [1.165, 1.54) is 89.2 Å². The molecule has 280 valence electrons. The van der Waals surface area contributed by atoms with Crippen molar-refractivity contribution in [1.82, 2.24) is 0 Å². The van der Waals surface area contributed by atoms with Crippen molar-refractivity contribution < 1.29 is 48.3 Å². The fourth-order valence-corrected chi connectivity index (χ4v) is 5.07. The molecular formula is C41H56O10. The molecule has 0 saturated heterocycles. The lowest BCUT2D eigenvalue weighted by Crippen LogP contribution is -2.30. The molecule has 0 unspecified atom stereocenters. The van der Waals surface area contributed by atoms with Gasteiger partial charge < -0.3 is 33.9 Å². The molecule has 0 bridgehead atoms. The summed E-state index contributed by atoms with van der Waals surface area (Å²) in [7, 11) is 2.84. The van der Waals surface area contributed by atoms with E-state index in [9.17, 15) is 24.6 Å². The number of hydrogen-bond donors (Lipinski definition) is 2. The average molecular weight is 709 g/mol. The number of allylic oxidation sites excluding steroid dienone is 2. The maximum atomic E-state index is 12.7. The van der Waals surface area contributed by atoms with Gasteiger partial charge in [-0.3, -0.25) is 4.79 Å². The predicted molar refractivity (Wildman–Crippen MR) is 199 cm³/mol. The number of phenols is 2. The Bertz CT molecular complexity index is 1330. The smallest absolute Gasteiger partial charge is 0.330 e. The first-order chi connectivity index (χ1) is 24.7. The molecule has 0 aliphatic rings. The zero-order valence-electron chi connectivity index (χ0n) is 30.5. The summed E-state index contributed by atoms with van der Waals surface area (Å²) in [6.07, 6.45) is 24.0. The third-order valence-electron chi connectivity index (χ3n) is 8.00. The second-order valence-electron chi connectivity index (χ2n) is 12.2. The molecule has 2 aromatic rings. The highest BCUT2D eigenvalue weighted by Gasteiger charge is 2.19. The summed E-state index contributed by atoms with van der Waals surface area (Å²) < 4.78 is 26.3. The molecule has 0 aliphatic heterocycles. The van der Waals surface area contributed by atoms with Gasteiger partial charge in [0, 0.05) is 18.6 Å². The van der Waals surface area contributed by atoms with Crippen molar-refractivity contribution in [2.75, 3.05) is 27.4 Å². The molecule has 0 aliphatic carbocycles. The van der Waals surface area contributed by atoms with E-state index in [1.54, 1.807) is 24.3 Å². The summed E-state index contributed by atoms with van der Waals surface area (Å²) in [6, 6.07) is 9.19. The summed E-state index contributed by atoms with van der Waals surface area (Å²) in [5.41, 5.74) is 1.19. The SMILES string of the molecule is CCCCCCCC/C=C\CCCCCCCC(=O)OC(COC(=O)C=Cc1ccc(O)c(OC)c1)COC(=O)C=Cc1ccc(O)c(OC)c1. The van der Waals surface area contributed by atoms with Crippen LogP contribution in [0.4, 0.5) is 0 Å². The molecule has 10 heteroatoms. The van der Waals surface area contributed by atoms with Crippen LogP contribution in [0.25, 0.3) is 12.2 Å². The second-order valence-corrected chi connectivity index (χ2v) is 12.2. The Balaban J connectivity index is 1.80. The fourth-order valence-electron chi connectivity index (χ4n) is 5.07. The van der Waals surface area contributed by atoms with Gasteiger partial charge in [0.05, 0.1) is 14.2 Å². The van der Waals surface area contributed by atoms with Crippen LogP contribution in [0.1, 0.15) is 108 Å². The van der Waals surface area contributed by atoms with Gasteiger partial charge in [-0.05, 0) is 79.6 Å². The van der Waals surface area contributed by atoms with Crippen molar-refractivity contribution >= 4 is 30.1 Å². The monoisotopic (exact) mass is 708 g/mol. The van der Waals surface area contributed by atoms with Crippen LogP contribution >= 0.6 is 0 Å². The minimum absolute atomic E-state index is 0.0316. The molecule has 0 radical (unpaired) electrons. The maximum Gasteiger partial charge on any atom is 0.330 e. The molecule has 0 heterocycles. The molecule has 2 N–H and O–H groups in total.